The van der Waals surface area contributed by atoms with Crippen molar-refractivity contribution in [1.82, 2.24) is 0 Å². The highest BCUT2D eigenvalue weighted by Crippen LogP contribution is 2.29. The van der Waals surface area contributed by atoms with Crippen LogP contribution in [0, 0.1) is 0 Å². The van der Waals surface area contributed by atoms with E-state index >= 15 is 0 Å². The van der Waals surface area contributed by atoms with Crippen LogP contribution < -0.4 is 9.64 Å². The van der Waals surface area contributed by atoms with Gasteiger partial charge in [0, 0.05) is 6.08 Å². The van der Waals surface area contributed by atoms with Crippen LogP contribution in [0.4, 0.5) is 5.69 Å². The van der Waals surface area contributed by atoms with Gasteiger partial charge < -0.3 is 4.74 Å². The van der Waals surface area contributed by atoms with Crippen LogP contribution in [0.25, 0.3) is 0 Å². The minimum absolute atomic E-state index is 0.345. The Morgan fingerprint density at radius 2 is 1.46 bits per heavy atom. The number of hydrogen-bond donors (Lipinski definition) is 0. The van der Waals surface area contributed by atoms with Gasteiger partial charge in [0.2, 0.25) is 0 Å². The normalized spacial score (nSPS) is 12.8. The van der Waals surface area contributed by atoms with Crippen molar-refractivity contribution < 1.29 is 19.1 Å². The van der Waals surface area contributed by atoms with Gasteiger partial charge in [0.25, 0.3) is 11.8 Å². The molecule has 5 nitrogen and oxygen atoms in total. The number of anilines is 1. The summed E-state index contributed by atoms with van der Waals surface area (Å²) in [5.74, 6) is -0.837. The standard InChI is InChI=1S/C19H15NO4/c1-12(2)11-17(21)24-14-9-7-13(8-10-14)20-18(22)15-5-3-4-6-16(15)19(20)23/h3-11H,1-2H3. The average Bonchev–Trinajstić information content (AvgIpc) is 2.80. The van der Waals surface area contributed by atoms with Gasteiger partial charge in [0.05, 0.1) is 16.8 Å². The second-order valence-corrected chi connectivity index (χ2v) is 5.63. The van der Waals surface area contributed by atoms with Crippen LogP contribution >= 0.6 is 0 Å². The molecule has 2 amide bonds. The number of esters is 1. The fourth-order valence-corrected chi connectivity index (χ4v) is 2.47. The van der Waals surface area contributed by atoms with Crippen LogP contribution in [0.1, 0.15) is 34.6 Å². The molecule has 0 N–H and O–H groups in total. The molecular formula is C19H15NO4. The predicted molar refractivity (Wildman–Crippen MR) is 89.1 cm³/mol. The third kappa shape index (κ3) is 2.84. The molecule has 0 aromatic heterocycles. The molecule has 120 valence electrons. The Kier molecular flexibility index (Phi) is 4.00. The Labute approximate surface area is 139 Å². The van der Waals surface area contributed by atoms with Crippen molar-refractivity contribution in [2.75, 3.05) is 4.90 Å². The van der Waals surface area contributed by atoms with Gasteiger partial charge in [0.15, 0.2) is 0 Å². The van der Waals surface area contributed by atoms with Crippen molar-refractivity contribution in [3.63, 3.8) is 0 Å². The van der Waals surface area contributed by atoms with E-state index in [2.05, 4.69) is 0 Å². The fraction of sp³-hybridized carbons (Fsp3) is 0.105. The van der Waals surface area contributed by atoms with Gasteiger partial charge in [-0.15, -0.1) is 0 Å². The number of rotatable bonds is 3. The number of carbonyl (C=O) groups is 3. The lowest BCUT2D eigenvalue weighted by Gasteiger charge is -2.14. The summed E-state index contributed by atoms with van der Waals surface area (Å²) >= 11 is 0. The molecule has 3 rings (SSSR count). The largest absolute Gasteiger partial charge is 0.423 e. The fourth-order valence-electron chi connectivity index (χ4n) is 2.47. The molecule has 0 bridgehead atoms. The number of nitrogens with zero attached hydrogens (tertiary/aromatic N) is 1. The first-order chi connectivity index (χ1) is 11.5. The number of carbonyl (C=O) groups excluding carboxylic acids is 3. The minimum atomic E-state index is -0.469. The van der Waals surface area contributed by atoms with Gasteiger partial charge in [-0.2, -0.15) is 0 Å². The van der Waals surface area contributed by atoms with Crippen molar-refractivity contribution in [3.05, 3.63) is 71.3 Å². The smallest absolute Gasteiger partial charge is 0.336 e. The quantitative estimate of drug-likeness (QED) is 0.376. The summed E-state index contributed by atoms with van der Waals surface area (Å²) in [5, 5.41) is 0. The number of ether oxygens (including phenoxy) is 1. The van der Waals surface area contributed by atoms with E-state index in [-0.39, 0.29) is 11.8 Å². The first kappa shape index (κ1) is 15.7. The van der Waals surface area contributed by atoms with Gasteiger partial charge in [-0.05, 0) is 50.2 Å². The zero-order valence-corrected chi connectivity index (χ0v) is 13.3. The molecule has 1 aliphatic rings. The lowest BCUT2D eigenvalue weighted by molar-refractivity contribution is -0.129. The van der Waals surface area contributed by atoms with Gasteiger partial charge in [-0.3, -0.25) is 9.59 Å². The molecule has 0 atom stereocenters. The van der Waals surface area contributed by atoms with Crippen LogP contribution in [0.15, 0.2) is 60.2 Å². The maximum Gasteiger partial charge on any atom is 0.336 e. The monoisotopic (exact) mass is 321 g/mol. The third-order valence-corrected chi connectivity index (χ3v) is 3.51. The van der Waals surface area contributed by atoms with Crippen molar-refractivity contribution in [2.24, 2.45) is 0 Å². The zero-order chi connectivity index (χ0) is 17.3. The number of hydrogen-bond acceptors (Lipinski definition) is 4. The molecule has 0 unspecified atom stereocenters. The number of imide groups is 1. The van der Waals surface area contributed by atoms with E-state index in [1.165, 1.54) is 6.08 Å². The summed E-state index contributed by atoms with van der Waals surface area (Å²) in [5.41, 5.74) is 2.05. The number of amides is 2. The molecule has 1 aliphatic heterocycles. The topological polar surface area (TPSA) is 63.7 Å². The van der Waals surface area contributed by atoms with Crippen molar-refractivity contribution in [1.29, 1.82) is 0 Å². The number of fused-ring (bicyclic) bond motifs is 1. The Hall–Kier alpha value is -3.21. The molecular weight excluding hydrogens is 306 g/mol. The van der Waals surface area contributed by atoms with Crippen LogP contribution in [0.2, 0.25) is 0 Å². The third-order valence-electron chi connectivity index (χ3n) is 3.51. The first-order valence-corrected chi connectivity index (χ1v) is 7.42. The summed E-state index contributed by atoms with van der Waals surface area (Å²) in [6, 6.07) is 13.0. The molecule has 2 aromatic carbocycles. The van der Waals surface area contributed by atoms with Crippen molar-refractivity contribution >= 4 is 23.5 Å². The Bertz CT molecular complexity index is 826. The summed E-state index contributed by atoms with van der Waals surface area (Å²) < 4.78 is 5.15. The summed E-state index contributed by atoms with van der Waals surface area (Å²) in [6.45, 7) is 3.60. The second kappa shape index (κ2) is 6.12. The second-order valence-electron chi connectivity index (χ2n) is 5.63. The molecule has 0 spiro atoms. The van der Waals surface area contributed by atoms with Crippen LogP contribution in [-0.2, 0) is 4.79 Å². The van der Waals surface area contributed by atoms with Crippen LogP contribution in [0.5, 0.6) is 5.75 Å². The van der Waals surface area contributed by atoms with E-state index in [0.717, 1.165) is 10.5 Å². The zero-order valence-electron chi connectivity index (χ0n) is 13.3. The van der Waals surface area contributed by atoms with Gasteiger partial charge in [-0.25, -0.2) is 9.69 Å². The summed E-state index contributed by atoms with van der Waals surface area (Å²) in [4.78, 5) is 37.5. The maximum absolute atomic E-state index is 12.4. The minimum Gasteiger partial charge on any atom is -0.423 e. The molecule has 0 aliphatic carbocycles. The van der Waals surface area contributed by atoms with E-state index < -0.39 is 5.97 Å². The van der Waals surface area contributed by atoms with Gasteiger partial charge in [0.1, 0.15) is 5.75 Å². The molecule has 5 heteroatoms. The Morgan fingerprint density at radius 3 is 1.96 bits per heavy atom. The molecule has 0 saturated heterocycles. The number of allylic oxidation sites excluding steroid dienone is 1. The Balaban J connectivity index is 1.82. The molecule has 0 fully saturated rings. The average molecular weight is 321 g/mol. The van der Waals surface area contributed by atoms with Crippen LogP contribution in [0.3, 0.4) is 0 Å². The van der Waals surface area contributed by atoms with Crippen molar-refractivity contribution in [2.45, 2.75) is 13.8 Å². The first-order valence-electron chi connectivity index (χ1n) is 7.42. The maximum atomic E-state index is 12.4. The molecule has 24 heavy (non-hydrogen) atoms. The van der Waals surface area contributed by atoms with E-state index in [9.17, 15) is 14.4 Å². The molecule has 2 aromatic rings. The SMILES string of the molecule is CC(C)=CC(=O)Oc1ccc(N2C(=O)c3ccccc3C2=O)cc1. The predicted octanol–water partition coefficient (Wildman–Crippen LogP) is 3.36. The summed E-state index contributed by atoms with van der Waals surface area (Å²) in [7, 11) is 0. The Morgan fingerprint density at radius 1 is 0.917 bits per heavy atom. The highest BCUT2D eigenvalue weighted by molar-refractivity contribution is 6.34. The van der Waals surface area contributed by atoms with E-state index in [1.807, 2.05) is 0 Å². The highest BCUT2D eigenvalue weighted by atomic mass is 16.5. The van der Waals surface area contributed by atoms with Gasteiger partial charge >= 0.3 is 5.97 Å². The lowest BCUT2D eigenvalue weighted by Crippen LogP contribution is -2.29. The van der Waals surface area contributed by atoms with Crippen molar-refractivity contribution in [3.8, 4) is 5.75 Å². The van der Waals surface area contributed by atoms with E-state index in [4.69, 9.17) is 4.74 Å². The van der Waals surface area contributed by atoms with E-state index in [0.29, 0.717) is 22.6 Å². The van der Waals surface area contributed by atoms with Gasteiger partial charge in [-0.1, -0.05) is 17.7 Å². The molecule has 0 radical (unpaired) electrons. The molecule has 1 heterocycles. The molecule has 0 saturated carbocycles. The summed E-state index contributed by atoms with van der Waals surface area (Å²) in [6.07, 6.45) is 1.39. The highest BCUT2D eigenvalue weighted by Gasteiger charge is 2.36. The lowest BCUT2D eigenvalue weighted by atomic mass is 10.1. The number of benzene rings is 2. The van der Waals surface area contributed by atoms with E-state index in [1.54, 1.807) is 62.4 Å². The van der Waals surface area contributed by atoms with Crippen LogP contribution in [-0.4, -0.2) is 17.8 Å².